The van der Waals surface area contributed by atoms with Gasteiger partial charge in [0.05, 0.1) is 10.6 Å². The molecule has 0 aliphatic carbocycles. The van der Waals surface area contributed by atoms with Crippen molar-refractivity contribution in [2.75, 3.05) is 0 Å². The molecule has 0 fully saturated rings. The molecule has 1 aliphatic rings. The summed E-state index contributed by atoms with van der Waals surface area (Å²) in [6.07, 6.45) is -0.00759. The van der Waals surface area contributed by atoms with Crippen molar-refractivity contribution in [3.8, 4) is 11.1 Å². The highest BCUT2D eigenvalue weighted by Crippen LogP contribution is 2.28. The third kappa shape index (κ3) is 1.37. The summed E-state index contributed by atoms with van der Waals surface area (Å²) in [5, 5.41) is 0. The molecule has 0 unspecified atom stereocenters. The fourth-order valence-electron chi connectivity index (χ4n) is 1.78. The third-order valence-corrected chi connectivity index (χ3v) is 2.50. The Hall–Kier alpha value is -1.89. The Morgan fingerprint density at radius 3 is 2.67 bits per heavy atom. The molecule has 0 radical (unpaired) electrons. The van der Waals surface area contributed by atoms with Crippen molar-refractivity contribution >= 4 is 6.19 Å². The van der Waals surface area contributed by atoms with Gasteiger partial charge in [0.1, 0.15) is 0 Å². The molecule has 0 N–H and O–H groups in total. The summed E-state index contributed by atoms with van der Waals surface area (Å²) < 4.78 is 24.0. The van der Waals surface area contributed by atoms with Crippen molar-refractivity contribution in [2.45, 2.75) is 6.50 Å². The van der Waals surface area contributed by atoms with E-state index in [1.54, 1.807) is 18.2 Å². The lowest BCUT2D eigenvalue weighted by Gasteiger charge is -2.07. The summed E-state index contributed by atoms with van der Waals surface area (Å²) in [5.41, 5.74) is 2.86. The predicted molar refractivity (Wildman–Crippen MR) is 63.2 cm³/mol. The molecule has 0 amide bonds. The third-order valence-electron chi connectivity index (χ3n) is 2.50. The first kappa shape index (κ1) is 5.86. The van der Waals surface area contributed by atoms with E-state index >= 15 is 0 Å². The first-order valence-corrected chi connectivity index (χ1v) is 4.85. The van der Waals surface area contributed by atoms with Crippen molar-refractivity contribution in [1.29, 1.82) is 0 Å². The maximum absolute atomic E-state index is 8.01. The Morgan fingerprint density at radius 2 is 1.73 bits per heavy atom. The van der Waals surface area contributed by atoms with Gasteiger partial charge in [-0.15, -0.1) is 0 Å². The van der Waals surface area contributed by atoms with Crippen LogP contribution >= 0.6 is 0 Å². The highest BCUT2D eigenvalue weighted by atomic mass is 14.7. The first-order valence-electron chi connectivity index (χ1n) is 6.35. The van der Waals surface area contributed by atoms with E-state index in [9.17, 15) is 0 Å². The summed E-state index contributed by atoms with van der Waals surface area (Å²) in [5.74, 6) is 0. The quantitative estimate of drug-likeness (QED) is 0.613. The molecule has 0 spiro atoms. The standard InChI is InChI=1S/C14H11N/c1-3-7-13-11(5-1)9-15-10-12-6-2-4-8-14(12)13/h1-9H,10H2/i9D,10D2. The van der Waals surface area contributed by atoms with Gasteiger partial charge in [0.2, 0.25) is 0 Å². The van der Waals surface area contributed by atoms with Gasteiger partial charge in [-0.05, 0) is 16.7 Å². The topological polar surface area (TPSA) is 12.4 Å². The molecule has 0 saturated heterocycles. The Bertz CT molecular complexity index is 647. The van der Waals surface area contributed by atoms with Crippen molar-refractivity contribution < 1.29 is 4.11 Å². The van der Waals surface area contributed by atoms with Crippen LogP contribution in [0.15, 0.2) is 53.5 Å². The van der Waals surface area contributed by atoms with E-state index in [-0.39, 0.29) is 6.19 Å². The minimum atomic E-state index is -1.85. The number of nitrogens with zero attached hydrogens (tertiary/aromatic N) is 1. The lowest BCUT2D eigenvalue weighted by Crippen LogP contribution is -1.87. The van der Waals surface area contributed by atoms with Crippen molar-refractivity contribution in [3.05, 3.63) is 59.7 Å². The molecule has 0 atom stereocenters. The van der Waals surface area contributed by atoms with Crippen molar-refractivity contribution in [3.63, 3.8) is 0 Å². The van der Waals surface area contributed by atoms with Crippen LogP contribution in [-0.2, 0) is 6.50 Å². The second-order valence-electron chi connectivity index (χ2n) is 3.43. The molecule has 1 heterocycles. The van der Waals surface area contributed by atoms with E-state index in [1.807, 2.05) is 30.3 Å². The van der Waals surface area contributed by atoms with Crippen LogP contribution in [0.2, 0.25) is 0 Å². The Morgan fingerprint density at radius 1 is 1.00 bits per heavy atom. The number of hydrogen-bond donors (Lipinski definition) is 0. The van der Waals surface area contributed by atoms with Gasteiger partial charge in [0.25, 0.3) is 0 Å². The Labute approximate surface area is 93.3 Å². The fraction of sp³-hybridized carbons (Fsp3) is 0.0714. The molecular formula is C14H11N. The molecule has 72 valence electrons. The molecule has 0 saturated carbocycles. The Kier molecular flexibility index (Phi) is 1.31. The number of rotatable bonds is 0. The van der Waals surface area contributed by atoms with Crippen LogP contribution < -0.4 is 0 Å². The van der Waals surface area contributed by atoms with Crippen molar-refractivity contribution in [1.82, 2.24) is 0 Å². The number of benzene rings is 2. The minimum Gasteiger partial charge on any atom is -0.288 e. The molecule has 15 heavy (non-hydrogen) atoms. The normalized spacial score (nSPS) is 19.7. The minimum absolute atomic E-state index is 0.00759. The van der Waals surface area contributed by atoms with Gasteiger partial charge < -0.3 is 0 Å². The van der Waals surface area contributed by atoms with Crippen molar-refractivity contribution in [2.24, 2.45) is 4.99 Å². The summed E-state index contributed by atoms with van der Waals surface area (Å²) >= 11 is 0. The number of fused-ring (bicyclic) bond motifs is 3. The zero-order chi connectivity index (χ0) is 12.8. The fourth-order valence-corrected chi connectivity index (χ4v) is 1.78. The highest BCUT2D eigenvalue weighted by molar-refractivity contribution is 5.92. The molecule has 3 rings (SSSR count). The van der Waals surface area contributed by atoms with Crippen LogP contribution in [0.1, 0.15) is 15.2 Å². The van der Waals surface area contributed by atoms with Crippen LogP contribution in [0.4, 0.5) is 0 Å². The van der Waals surface area contributed by atoms with Gasteiger partial charge in [0.15, 0.2) is 0 Å². The average Bonchev–Trinajstić information content (AvgIpc) is 2.45. The lowest BCUT2D eigenvalue weighted by molar-refractivity contribution is 1.09. The molecule has 0 aromatic heterocycles. The summed E-state index contributed by atoms with van der Waals surface area (Å²) in [4.78, 5) is 3.91. The summed E-state index contributed by atoms with van der Waals surface area (Å²) in [7, 11) is 0. The molecule has 1 aliphatic heterocycles. The van der Waals surface area contributed by atoms with Crippen LogP contribution in [0.3, 0.4) is 0 Å². The van der Waals surface area contributed by atoms with E-state index in [4.69, 9.17) is 4.11 Å². The van der Waals surface area contributed by atoms with Crippen LogP contribution in [-0.4, -0.2) is 6.19 Å². The van der Waals surface area contributed by atoms with E-state index in [0.717, 1.165) is 11.1 Å². The molecule has 0 bridgehead atoms. The zero-order valence-corrected chi connectivity index (χ0v) is 8.07. The van der Waals surface area contributed by atoms with Crippen LogP contribution in [0.25, 0.3) is 11.1 Å². The monoisotopic (exact) mass is 196 g/mol. The maximum atomic E-state index is 8.01. The first-order chi connectivity index (χ1) is 8.59. The van der Waals surface area contributed by atoms with Crippen LogP contribution in [0.5, 0.6) is 0 Å². The molecule has 1 nitrogen and oxygen atoms in total. The van der Waals surface area contributed by atoms with E-state index in [0.29, 0.717) is 11.1 Å². The predicted octanol–water partition coefficient (Wildman–Crippen LogP) is 3.29. The highest BCUT2D eigenvalue weighted by Gasteiger charge is 2.09. The van der Waals surface area contributed by atoms with Gasteiger partial charge in [-0.1, -0.05) is 48.5 Å². The van der Waals surface area contributed by atoms with E-state index in [1.165, 1.54) is 0 Å². The molecule has 1 heteroatoms. The molecule has 2 aromatic carbocycles. The number of aliphatic imine (C=N–C) groups is 1. The number of hydrogen-bond acceptors (Lipinski definition) is 1. The van der Waals surface area contributed by atoms with Gasteiger partial charge in [-0.2, -0.15) is 0 Å². The van der Waals surface area contributed by atoms with Gasteiger partial charge in [-0.25, -0.2) is 0 Å². The largest absolute Gasteiger partial charge is 0.288 e. The van der Waals surface area contributed by atoms with Gasteiger partial charge >= 0.3 is 0 Å². The second kappa shape index (κ2) is 3.35. The van der Waals surface area contributed by atoms with Crippen LogP contribution in [0, 0.1) is 0 Å². The SMILES string of the molecule is [2H]C1=NC([2H])([2H])c2ccccc2-c2ccccc21. The van der Waals surface area contributed by atoms with E-state index in [2.05, 4.69) is 4.99 Å². The average molecular weight is 196 g/mol. The Balaban J connectivity index is 2.42. The smallest absolute Gasteiger partial charge is 0.0842 e. The molecule has 2 aromatic rings. The molecular weight excluding hydrogens is 182 g/mol. The lowest BCUT2D eigenvalue weighted by atomic mass is 9.97. The summed E-state index contributed by atoms with van der Waals surface area (Å²) in [6.45, 7) is -1.85. The van der Waals surface area contributed by atoms with E-state index < -0.39 is 6.50 Å². The summed E-state index contributed by atoms with van der Waals surface area (Å²) in [6, 6.07) is 14.7. The maximum Gasteiger partial charge on any atom is 0.0842 e. The van der Waals surface area contributed by atoms with Gasteiger partial charge in [-0.3, -0.25) is 4.99 Å². The second-order valence-corrected chi connectivity index (χ2v) is 3.43. The zero-order valence-electron chi connectivity index (χ0n) is 11.1. The van der Waals surface area contributed by atoms with Gasteiger partial charge in [0, 0.05) is 11.8 Å².